The van der Waals surface area contributed by atoms with E-state index in [1.54, 1.807) is 12.1 Å². The maximum atomic E-state index is 11.9. The summed E-state index contributed by atoms with van der Waals surface area (Å²) in [5, 5.41) is 5.84. The van der Waals surface area contributed by atoms with E-state index in [1.165, 1.54) is 6.07 Å². The van der Waals surface area contributed by atoms with Crippen molar-refractivity contribution >= 4 is 29.1 Å². The molecule has 4 N–H and O–H groups in total. The fourth-order valence-corrected chi connectivity index (χ4v) is 2.13. The van der Waals surface area contributed by atoms with Crippen molar-refractivity contribution in [3.63, 3.8) is 0 Å². The Morgan fingerprint density at radius 3 is 2.94 bits per heavy atom. The molecule has 5 nitrogen and oxygen atoms in total. The molecule has 1 aromatic carbocycles. The van der Waals surface area contributed by atoms with E-state index in [1.807, 2.05) is 0 Å². The monoisotopic (exact) mass is 267 g/mol. The van der Waals surface area contributed by atoms with Crippen LogP contribution in [0.25, 0.3) is 0 Å². The predicted octanol–water partition coefficient (Wildman–Crippen LogP) is 0.931. The second-order valence-corrected chi connectivity index (χ2v) is 4.66. The van der Waals surface area contributed by atoms with Crippen LogP contribution in [0.4, 0.5) is 5.69 Å². The zero-order valence-corrected chi connectivity index (χ0v) is 10.5. The van der Waals surface area contributed by atoms with Crippen LogP contribution in [-0.4, -0.2) is 24.4 Å². The molecule has 0 radical (unpaired) electrons. The van der Waals surface area contributed by atoms with Crippen LogP contribution in [0.2, 0.25) is 5.02 Å². The Hall–Kier alpha value is -1.75. The van der Waals surface area contributed by atoms with Crippen molar-refractivity contribution < 1.29 is 9.59 Å². The summed E-state index contributed by atoms with van der Waals surface area (Å²) in [5.41, 5.74) is 6.45. The minimum atomic E-state index is -0.263. The Bertz CT molecular complexity index is 490. The summed E-state index contributed by atoms with van der Waals surface area (Å²) in [6.45, 7) is 0.408. The molecule has 1 heterocycles. The lowest BCUT2D eigenvalue weighted by atomic mass is 10.2. The van der Waals surface area contributed by atoms with Gasteiger partial charge in [-0.25, -0.2) is 0 Å². The summed E-state index contributed by atoms with van der Waals surface area (Å²) in [6.07, 6.45) is 1.26. The van der Waals surface area contributed by atoms with Gasteiger partial charge in [0, 0.05) is 24.7 Å². The van der Waals surface area contributed by atoms with Crippen molar-refractivity contribution in [3.05, 3.63) is 28.8 Å². The Balaban J connectivity index is 1.93. The molecule has 1 fully saturated rings. The van der Waals surface area contributed by atoms with Crippen molar-refractivity contribution in [3.8, 4) is 0 Å². The van der Waals surface area contributed by atoms with E-state index >= 15 is 0 Å². The first-order valence-electron chi connectivity index (χ1n) is 5.69. The zero-order valence-electron chi connectivity index (χ0n) is 9.70. The SMILES string of the molecule is Nc1ccc(C(=O)NCC2CCC(=O)N2)c(Cl)c1. The highest BCUT2D eigenvalue weighted by Gasteiger charge is 2.21. The molecular weight excluding hydrogens is 254 g/mol. The molecule has 0 aliphatic carbocycles. The van der Waals surface area contributed by atoms with E-state index < -0.39 is 0 Å². The smallest absolute Gasteiger partial charge is 0.252 e. The highest BCUT2D eigenvalue weighted by atomic mass is 35.5. The zero-order chi connectivity index (χ0) is 13.1. The van der Waals surface area contributed by atoms with Crippen molar-refractivity contribution in [1.82, 2.24) is 10.6 Å². The Labute approximate surface area is 110 Å². The van der Waals surface area contributed by atoms with Gasteiger partial charge in [0.2, 0.25) is 5.91 Å². The first kappa shape index (κ1) is 12.7. The van der Waals surface area contributed by atoms with Gasteiger partial charge in [0.25, 0.3) is 5.91 Å². The molecule has 0 saturated carbocycles. The highest BCUT2D eigenvalue weighted by molar-refractivity contribution is 6.34. The van der Waals surface area contributed by atoms with E-state index in [0.29, 0.717) is 29.2 Å². The third-order valence-electron chi connectivity index (χ3n) is 2.83. The molecule has 0 spiro atoms. The van der Waals surface area contributed by atoms with Gasteiger partial charge in [-0.05, 0) is 24.6 Å². The number of anilines is 1. The van der Waals surface area contributed by atoms with Crippen molar-refractivity contribution in [2.45, 2.75) is 18.9 Å². The maximum Gasteiger partial charge on any atom is 0.252 e. The number of halogens is 1. The normalized spacial score (nSPS) is 18.5. The average Bonchev–Trinajstić information content (AvgIpc) is 2.72. The fourth-order valence-electron chi connectivity index (χ4n) is 1.86. The molecule has 1 aliphatic rings. The number of hydrogen-bond acceptors (Lipinski definition) is 3. The van der Waals surface area contributed by atoms with Gasteiger partial charge in [-0.1, -0.05) is 11.6 Å². The third-order valence-corrected chi connectivity index (χ3v) is 3.14. The topological polar surface area (TPSA) is 84.2 Å². The number of carbonyl (C=O) groups is 2. The summed E-state index contributed by atoms with van der Waals surface area (Å²) < 4.78 is 0. The fraction of sp³-hybridized carbons (Fsp3) is 0.333. The van der Waals surface area contributed by atoms with Gasteiger partial charge >= 0.3 is 0 Å². The van der Waals surface area contributed by atoms with Crippen LogP contribution in [0.5, 0.6) is 0 Å². The van der Waals surface area contributed by atoms with E-state index in [0.717, 1.165) is 6.42 Å². The van der Waals surface area contributed by atoms with Crippen molar-refractivity contribution in [2.24, 2.45) is 0 Å². The minimum absolute atomic E-state index is 0.00834. The lowest BCUT2D eigenvalue weighted by molar-refractivity contribution is -0.119. The first-order chi connectivity index (χ1) is 8.56. The number of hydrogen-bond donors (Lipinski definition) is 3. The van der Waals surface area contributed by atoms with Gasteiger partial charge in [0.05, 0.1) is 10.6 Å². The first-order valence-corrected chi connectivity index (χ1v) is 6.06. The van der Waals surface area contributed by atoms with Gasteiger partial charge in [0.15, 0.2) is 0 Å². The van der Waals surface area contributed by atoms with Crippen LogP contribution < -0.4 is 16.4 Å². The quantitative estimate of drug-likeness (QED) is 0.713. The number of benzene rings is 1. The molecule has 18 heavy (non-hydrogen) atoms. The summed E-state index contributed by atoms with van der Waals surface area (Å²) in [4.78, 5) is 22.9. The van der Waals surface area contributed by atoms with Gasteiger partial charge < -0.3 is 16.4 Å². The van der Waals surface area contributed by atoms with E-state index in [2.05, 4.69) is 10.6 Å². The summed E-state index contributed by atoms with van der Waals surface area (Å²) >= 11 is 5.93. The molecule has 2 amide bonds. The molecule has 1 aromatic rings. The summed E-state index contributed by atoms with van der Waals surface area (Å²) in [6, 6.07) is 4.75. The Morgan fingerprint density at radius 2 is 2.33 bits per heavy atom. The molecule has 1 saturated heterocycles. The summed E-state index contributed by atoms with van der Waals surface area (Å²) in [5.74, 6) is -0.235. The van der Waals surface area contributed by atoms with Gasteiger partial charge in [-0.3, -0.25) is 9.59 Å². The standard InChI is InChI=1S/C12H14ClN3O2/c13-10-5-7(14)1-3-9(10)12(18)15-6-8-2-4-11(17)16-8/h1,3,5,8H,2,4,6,14H2,(H,15,18)(H,16,17). The van der Waals surface area contributed by atoms with Crippen LogP contribution >= 0.6 is 11.6 Å². The van der Waals surface area contributed by atoms with Crippen LogP contribution in [0, 0.1) is 0 Å². The lowest BCUT2D eigenvalue weighted by Gasteiger charge is -2.12. The second kappa shape index (κ2) is 5.27. The van der Waals surface area contributed by atoms with Crippen LogP contribution in [-0.2, 0) is 4.79 Å². The summed E-state index contributed by atoms with van der Waals surface area (Å²) in [7, 11) is 0. The number of nitrogens with two attached hydrogens (primary N) is 1. The van der Waals surface area contributed by atoms with E-state index in [9.17, 15) is 9.59 Å². The van der Waals surface area contributed by atoms with E-state index in [4.69, 9.17) is 17.3 Å². The van der Waals surface area contributed by atoms with Crippen LogP contribution in [0.15, 0.2) is 18.2 Å². The molecule has 96 valence electrons. The Morgan fingerprint density at radius 1 is 1.56 bits per heavy atom. The average molecular weight is 268 g/mol. The van der Waals surface area contributed by atoms with Crippen molar-refractivity contribution in [1.29, 1.82) is 0 Å². The number of nitrogens with one attached hydrogen (secondary N) is 2. The second-order valence-electron chi connectivity index (χ2n) is 4.25. The van der Waals surface area contributed by atoms with Crippen LogP contribution in [0.3, 0.4) is 0 Å². The molecule has 1 atom stereocenters. The Kier molecular flexibility index (Phi) is 3.72. The predicted molar refractivity (Wildman–Crippen MR) is 69.4 cm³/mol. The molecule has 0 bridgehead atoms. The van der Waals surface area contributed by atoms with Gasteiger partial charge in [-0.2, -0.15) is 0 Å². The molecule has 0 aromatic heterocycles. The molecule has 1 aliphatic heterocycles. The molecular formula is C12H14ClN3O2. The van der Waals surface area contributed by atoms with Gasteiger partial charge in [-0.15, -0.1) is 0 Å². The van der Waals surface area contributed by atoms with E-state index in [-0.39, 0.29) is 17.9 Å². The largest absolute Gasteiger partial charge is 0.399 e. The number of amides is 2. The number of nitrogen functional groups attached to an aromatic ring is 1. The third kappa shape index (κ3) is 2.92. The number of carbonyl (C=O) groups excluding carboxylic acids is 2. The van der Waals surface area contributed by atoms with Crippen molar-refractivity contribution in [2.75, 3.05) is 12.3 Å². The molecule has 2 rings (SSSR count). The van der Waals surface area contributed by atoms with Gasteiger partial charge in [0.1, 0.15) is 0 Å². The number of rotatable bonds is 3. The maximum absolute atomic E-state index is 11.9. The molecule has 1 unspecified atom stereocenters. The lowest BCUT2D eigenvalue weighted by Crippen LogP contribution is -2.38. The highest BCUT2D eigenvalue weighted by Crippen LogP contribution is 2.19. The molecule has 6 heteroatoms. The van der Waals surface area contributed by atoms with Crippen LogP contribution in [0.1, 0.15) is 23.2 Å². The minimum Gasteiger partial charge on any atom is -0.399 e.